The Morgan fingerprint density at radius 2 is 1.76 bits per heavy atom. The van der Waals surface area contributed by atoms with Gasteiger partial charge in [0.1, 0.15) is 22.9 Å². The number of anilines is 1. The largest absolute Gasteiger partial charge is 0.496 e. The van der Waals surface area contributed by atoms with Crippen LogP contribution in [-0.4, -0.2) is 37.2 Å². The first-order valence-corrected chi connectivity index (χ1v) is 10.9. The van der Waals surface area contributed by atoms with Crippen molar-refractivity contribution in [2.24, 2.45) is 0 Å². The van der Waals surface area contributed by atoms with E-state index in [-0.39, 0.29) is 6.42 Å². The SMILES string of the molecule is COc1ccc2c(c1N(C=O)C(C)(C)C)Oc1c(CC(=O)O)c(OC)c(C)c(C)c1C2(C)C. The van der Waals surface area contributed by atoms with E-state index in [4.69, 9.17) is 14.2 Å². The van der Waals surface area contributed by atoms with Gasteiger partial charge in [0.15, 0.2) is 5.75 Å². The molecule has 7 heteroatoms. The number of carbonyl (C=O) groups is 2. The van der Waals surface area contributed by atoms with E-state index in [0.29, 0.717) is 34.2 Å². The van der Waals surface area contributed by atoms with Crippen molar-refractivity contribution in [2.75, 3.05) is 19.1 Å². The Kier molecular flexibility index (Phi) is 6.13. The van der Waals surface area contributed by atoms with Gasteiger partial charge in [-0.3, -0.25) is 9.59 Å². The van der Waals surface area contributed by atoms with Crippen LogP contribution in [0.3, 0.4) is 0 Å². The monoisotopic (exact) mass is 455 g/mol. The average Bonchev–Trinajstić information content (AvgIpc) is 2.71. The van der Waals surface area contributed by atoms with Gasteiger partial charge in [0, 0.05) is 27.6 Å². The van der Waals surface area contributed by atoms with Crippen LogP contribution in [0.5, 0.6) is 23.0 Å². The summed E-state index contributed by atoms with van der Waals surface area (Å²) in [5.41, 5.74) is 3.55. The summed E-state index contributed by atoms with van der Waals surface area (Å²) in [5.74, 6) is 0.946. The Morgan fingerprint density at radius 1 is 1.12 bits per heavy atom. The van der Waals surface area contributed by atoms with Crippen molar-refractivity contribution in [1.29, 1.82) is 0 Å². The Bertz CT molecular complexity index is 1130. The first kappa shape index (κ1) is 24.4. The van der Waals surface area contributed by atoms with Gasteiger partial charge >= 0.3 is 5.97 Å². The van der Waals surface area contributed by atoms with Crippen LogP contribution in [-0.2, 0) is 21.4 Å². The molecule has 7 nitrogen and oxygen atoms in total. The molecule has 0 saturated heterocycles. The maximum Gasteiger partial charge on any atom is 0.308 e. The number of amides is 1. The molecular formula is C26H33NO6. The quantitative estimate of drug-likeness (QED) is 0.607. The van der Waals surface area contributed by atoms with Crippen LogP contribution >= 0.6 is 0 Å². The minimum Gasteiger partial charge on any atom is -0.496 e. The van der Waals surface area contributed by atoms with Gasteiger partial charge in [0.25, 0.3) is 0 Å². The van der Waals surface area contributed by atoms with Gasteiger partial charge in [-0.25, -0.2) is 0 Å². The van der Waals surface area contributed by atoms with Gasteiger partial charge in [-0.05, 0) is 51.8 Å². The van der Waals surface area contributed by atoms with Crippen LogP contribution in [0.15, 0.2) is 12.1 Å². The molecule has 0 aromatic heterocycles. The number of methoxy groups -OCH3 is 2. The maximum atomic E-state index is 12.2. The summed E-state index contributed by atoms with van der Waals surface area (Å²) in [6.07, 6.45) is 0.511. The predicted molar refractivity (Wildman–Crippen MR) is 127 cm³/mol. The van der Waals surface area contributed by atoms with E-state index in [9.17, 15) is 14.7 Å². The molecule has 1 N–H and O–H groups in total. The summed E-state index contributed by atoms with van der Waals surface area (Å²) < 4.78 is 17.8. The zero-order chi connectivity index (χ0) is 24.9. The minimum absolute atomic E-state index is 0.256. The molecule has 0 atom stereocenters. The Morgan fingerprint density at radius 3 is 2.24 bits per heavy atom. The molecule has 0 fully saturated rings. The molecule has 1 aliphatic heterocycles. The average molecular weight is 456 g/mol. The number of rotatable bonds is 6. The van der Waals surface area contributed by atoms with E-state index in [0.717, 1.165) is 28.7 Å². The first-order valence-electron chi connectivity index (χ1n) is 10.9. The van der Waals surface area contributed by atoms with Gasteiger partial charge in [-0.1, -0.05) is 19.9 Å². The Labute approximate surface area is 195 Å². The van der Waals surface area contributed by atoms with Crippen molar-refractivity contribution >= 4 is 18.1 Å². The molecule has 3 rings (SSSR count). The number of carboxylic acid groups (broad SMARTS) is 1. The number of hydrogen-bond acceptors (Lipinski definition) is 5. The highest BCUT2D eigenvalue weighted by Gasteiger charge is 2.42. The van der Waals surface area contributed by atoms with Crippen LogP contribution in [0.2, 0.25) is 0 Å². The lowest BCUT2D eigenvalue weighted by Gasteiger charge is -2.41. The number of hydrogen-bond donors (Lipinski definition) is 1. The fourth-order valence-corrected chi connectivity index (χ4v) is 4.79. The van der Waals surface area contributed by atoms with Gasteiger partial charge in [-0.2, -0.15) is 0 Å². The van der Waals surface area contributed by atoms with E-state index in [1.807, 2.05) is 46.8 Å². The predicted octanol–water partition coefficient (Wildman–Crippen LogP) is 5.14. The third-order valence-corrected chi connectivity index (χ3v) is 6.47. The summed E-state index contributed by atoms with van der Waals surface area (Å²) >= 11 is 0. The van der Waals surface area contributed by atoms with Crippen LogP contribution in [0.25, 0.3) is 0 Å². The summed E-state index contributed by atoms with van der Waals surface area (Å²) in [6, 6.07) is 3.79. The van der Waals surface area contributed by atoms with Crippen LogP contribution in [0, 0.1) is 13.8 Å². The number of aliphatic carboxylic acids is 1. The summed E-state index contributed by atoms with van der Waals surface area (Å²) in [7, 11) is 3.08. The van der Waals surface area contributed by atoms with Crippen molar-refractivity contribution in [3.8, 4) is 23.0 Å². The van der Waals surface area contributed by atoms with Crippen LogP contribution < -0.4 is 19.1 Å². The molecule has 0 bridgehead atoms. The number of carbonyl (C=O) groups excluding carboxylic acids is 1. The summed E-state index contributed by atoms with van der Waals surface area (Å²) in [4.78, 5) is 25.6. The van der Waals surface area contributed by atoms with Crippen LogP contribution in [0.4, 0.5) is 5.69 Å². The van der Waals surface area contributed by atoms with E-state index in [1.165, 1.54) is 7.11 Å². The van der Waals surface area contributed by atoms with E-state index >= 15 is 0 Å². The third kappa shape index (κ3) is 3.79. The van der Waals surface area contributed by atoms with Crippen molar-refractivity contribution < 1.29 is 28.9 Å². The number of fused-ring (bicyclic) bond motifs is 2. The minimum atomic E-state index is -0.985. The summed E-state index contributed by atoms with van der Waals surface area (Å²) in [6.45, 7) is 13.9. The first-order chi connectivity index (χ1) is 15.3. The summed E-state index contributed by atoms with van der Waals surface area (Å²) in [5, 5.41) is 9.66. The second-order valence-electron chi connectivity index (χ2n) is 9.90. The van der Waals surface area contributed by atoms with Gasteiger partial charge in [-0.15, -0.1) is 0 Å². The third-order valence-electron chi connectivity index (χ3n) is 6.47. The number of ether oxygens (including phenoxy) is 3. The Balaban J connectivity index is 2.46. The number of nitrogens with zero attached hydrogens (tertiary/aromatic N) is 1. The molecule has 178 valence electrons. The molecule has 0 radical (unpaired) electrons. The zero-order valence-corrected chi connectivity index (χ0v) is 20.9. The van der Waals surface area contributed by atoms with Gasteiger partial charge < -0.3 is 24.2 Å². The van der Waals surface area contributed by atoms with Crippen molar-refractivity contribution in [3.63, 3.8) is 0 Å². The molecule has 33 heavy (non-hydrogen) atoms. The molecule has 0 spiro atoms. The number of benzene rings is 2. The highest BCUT2D eigenvalue weighted by Crippen LogP contribution is 2.58. The molecule has 1 heterocycles. The lowest BCUT2D eigenvalue weighted by molar-refractivity contribution is -0.136. The maximum absolute atomic E-state index is 12.2. The van der Waals surface area contributed by atoms with Gasteiger partial charge in [0.2, 0.25) is 6.41 Å². The van der Waals surface area contributed by atoms with Crippen molar-refractivity contribution in [2.45, 2.75) is 65.8 Å². The Hall–Kier alpha value is -3.22. The molecule has 0 unspecified atom stereocenters. The fraction of sp³-hybridized carbons (Fsp3) is 0.462. The highest BCUT2D eigenvalue weighted by atomic mass is 16.5. The normalized spacial score (nSPS) is 14.0. The topological polar surface area (TPSA) is 85.3 Å². The number of carboxylic acids is 1. The fourth-order valence-electron chi connectivity index (χ4n) is 4.79. The molecule has 2 aromatic rings. The molecule has 1 amide bonds. The molecular weight excluding hydrogens is 422 g/mol. The highest BCUT2D eigenvalue weighted by molar-refractivity contribution is 5.88. The standard InChI is InChI=1S/C26H33NO6/c1-14-15(2)22(32-9)16(12-19(29)30)23-20(14)26(6,7)17-10-11-18(31-8)21(24(17)33-23)27(13-28)25(3,4)5/h10-11,13H,12H2,1-9H3,(H,29,30). The second kappa shape index (κ2) is 8.28. The molecule has 0 aliphatic carbocycles. The second-order valence-corrected chi connectivity index (χ2v) is 9.90. The lowest BCUT2D eigenvalue weighted by Crippen LogP contribution is -2.41. The van der Waals surface area contributed by atoms with E-state index in [2.05, 4.69) is 13.8 Å². The van der Waals surface area contributed by atoms with Gasteiger partial charge in [0.05, 0.1) is 20.6 Å². The van der Waals surface area contributed by atoms with Crippen LogP contribution in [0.1, 0.15) is 62.4 Å². The van der Waals surface area contributed by atoms with Crippen molar-refractivity contribution in [1.82, 2.24) is 0 Å². The molecule has 0 saturated carbocycles. The van der Waals surface area contributed by atoms with E-state index < -0.39 is 16.9 Å². The lowest BCUT2D eigenvalue weighted by atomic mass is 9.71. The smallest absolute Gasteiger partial charge is 0.308 e. The van der Waals surface area contributed by atoms with E-state index in [1.54, 1.807) is 12.0 Å². The molecule has 1 aliphatic rings. The van der Waals surface area contributed by atoms with Crippen molar-refractivity contribution in [3.05, 3.63) is 39.9 Å². The zero-order valence-electron chi connectivity index (χ0n) is 20.9. The molecule has 2 aromatic carbocycles.